The molecule has 1 atom stereocenters. The smallest absolute Gasteiger partial charge is 0.304 e. The molecular weight excluding hydrogens is 218 g/mol. The molecule has 17 heavy (non-hydrogen) atoms. The Kier molecular flexibility index (Phi) is 4.05. The third-order valence-electron chi connectivity index (χ3n) is 4.27. The molecule has 2 rings (SSSR count). The summed E-state index contributed by atoms with van der Waals surface area (Å²) in [6.07, 6.45) is 6.07. The second kappa shape index (κ2) is 5.36. The summed E-state index contributed by atoms with van der Waals surface area (Å²) < 4.78 is 5.91. The van der Waals surface area contributed by atoms with Crippen LogP contribution in [0.1, 0.15) is 45.4 Å². The summed E-state index contributed by atoms with van der Waals surface area (Å²) in [4.78, 5) is 13.0. The molecular formula is C13H23NO3. The van der Waals surface area contributed by atoms with Gasteiger partial charge in [0.1, 0.15) is 0 Å². The number of ether oxygens (including phenoxy) is 1. The molecule has 1 spiro atoms. The fraction of sp³-hybridized carbons (Fsp3) is 0.923. The Morgan fingerprint density at radius 1 is 1.53 bits per heavy atom. The van der Waals surface area contributed by atoms with Gasteiger partial charge in [0.05, 0.1) is 12.0 Å². The minimum absolute atomic E-state index is 0.152. The summed E-state index contributed by atoms with van der Waals surface area (Å²) in [7, 11) is 0. The normalized spacial score (nSPS) is 27.1. The minimum Gasteiger partial charge on any atom is -0.481 e. The fourth-order valence-corrected chi connectivity index (χ4v) is 3.07. The van der Waals surface area contributed by atoms with Crippen LogP contribution in [0.15, 0.2) is 0 Å². The van der Waals surface area contributed by atoms with Crippen LogP contribution in [0.5, 0.6) is 0 Å². The largest absolute Gasteiger partial charge is 0.481 e. The van der Waals surface area contributed by atoms with E-state index in [1.54, 1.807) is 0 Å². The van der Waals surface area contributed by atoms with Crippen molar-refractivity contribution in [1.29, 1.82) is 0 Å². The molecule has 0 aromatic carbocycles. The standard InChI is InChI=1S/C13H23NO3/c1-2-14(8-4-12(15)16)11-5-9-17-13(10-11)6-3-7-13/h11H,2-10H2,1H3,(H,15,16). The Labute approximate surface area is 103 Å². The monoisotopic (exact) mass is 241 g/mol. The first kappa shape index (κ1) is 12.8. The van der Waals surface area contributed by atoms with Crippen molar-refractivity contribution in [2.45, 2.75) is 57.1 Å². The third kappa shape index (κ3) is 2.99. The van der Waals surface area contributed by atoms with Gasteiger partial charge in [-0.3, -0.25) is 9.69 Å². The zero-order valence-corrected chi connectivity index (χ0v) is 10.7. The maximum atomic E-state index is 10.6. The van der Waals surface area contributed by atoms with E-state index >= 15 is 0 Å². The number of carbonyl (C=O) groups is 1. The molecule has 2 aliphatic rings. The van der Waals surface area contributed by atoms with Gasteiger partial charge < -0.3 is 9.84 Å². The van der Waals surface area contributed by atoms with E-state index in [0.717, 1.165) is 26.0 Å². The van der Waals surface area contributed by atoms with E-state index in [0.29, 0.717) is 12.6 Å². The number of rotatable bonds is 5. The lowest BCUT2D eigenvalue weighted by Crippen LogP contribution is -2.52. The van der Waals surface area contributed by atoms with Crippen molar-refractivity contribution in [1.82, 2.24) is 4.90 Å². The summed E-state index contributed by atoms with van der Waals surface area (Å²) >= 11 is 0. The number of hydrogen-bond donors (Lipinski definition) is 1. The van der Waals surface area contributed by atoms with Crippen molar-refractivity contribution in [3.05, 3.63) is 0 Å². The van der Waals surface area contributed by atoms with E-state index in [9.17, 15) is 4.79 Å². The third-order valence-corrected chi connectivity index (χ3v) is 4.27. The van der Waals surface area contributed by atoms with Crippen LogP contribution in [-0.2, 0) is 9.53 Å². The van der Waals surface area contributed by atoms with Crippen molar-refractivity contribution < 1.29 is 14.6 Å². The van der Waals surface area contributed by atoms with Crippen LogP contribution < -0.4 is 0 Å². The number of hydrogen-bond acceptors (Lipinski definition) is 3. The molecule has 1 aliphatic carbocycles. The zero-order chi connectivity index (χ0) is 12.3. The lowest BCUT2D eigenvalue weighted by molar-refractivity contribution is -0.149. The first-order valence-corrected chi connectivity index (χ1v) is 6.75. The van der Waals surface area contributed by atoms with Crippen LogP contribution in [-0.4, -0.2) is 47.3 Å². The van der Waals surface area contributed by atoms with Crippen LogP contribution in [0.3, 0.4) is 0 Å². The Morgan fingerprint density at radius 2 is 2.29 bits per heavy atom. The molecule has 98 valence electrons. The number of aliphatic carboxylic acids is 1. The van der Waals surface area contributed by atoms with Gasteiger partial charge in [0.15, 0.2) is 0 Å². The molecule has 0 amide bonds. The van der Waals surface area contributed by atoms with Crippen molar-refractivity contribution in [3.63, 3.8) is 0 Å². The van der Waals surface area contributed by atoms with Gasteiger partial charge in [0.2, 0.25) is 0 Å². The lowest BCUT2D eigenvalue weighted by atomic mass is 9.73. The van der Waals surface area contributed by atoms with Gasteiger partial charge in [-0.25, -0.2) is 0 Å². The highest BCUT2D eigenvalue weighted by Crippen LogP contribution is 2.43. The first-order chi connectivity index (χ1) is 8.15. The van der Waals surface area contributed by atoms with Gasteiger partial charge in [-0.05, 0) is 38.6 Å². The Balaban J connectivity index is 1.87. The molecule has 1 saturated carbocycles. The topological polar surface area (TPSA) is 49.8 Å². The second-order valence-electron chi connectivity index (χ2n) is 5.30. The molecule has 0 aromatic rings. The quantitative estimate of drug-likeness (QED) is 0.798. The summed E-state index contributed by atoms with van der Waals surface area (Å²) in [5.74, 6) is -0.700. The fourth-order valence-electron chi connectivity index (χ4n) is 3.07. The highest BCUT2D eigenvalue weighted by atomic mass is 16.5. The zero-order valence-electron chi connectivity index (χ0n) is 10.7. The summed E-state index contributed by atoms with van der Waals surface area (Å²) in [5, 5.41) is 8.76. The van der Waals surface area contributed by atoms with E-state index in [1.807, 2.05) is 0 Å². The molecule has 4 nitrogen and oxygen atoms in total. The van der Waals surface area contributed by atoms with Crippen LogP contribution in [0.25, 0.3) is 0 Å². The SMILES string of the molecule is CCN(CCC(=O)O)C1CCOC2(CCC2)C1. The maximum Gasteiger partial charge on any atom is 0.304 e. The second-order valence-corrected chi connectivity index (χ2v) is 5.30. The van der Waals surface area contributed by atoms with Crippen LogP contribution in [0.2, 0.25) is 0 Å². The molecule has 1 N–H and O–H groups in total. The summed E-state index contributed by atoms with van der Waals surface area (Å²) in [6.45, 7) is 4.57. The summed E-state index contributed by atoms with van der Waals surface area (Å²) in [6, 6.07) is 0.522. The average Bonchev–Trinajstić information content (AvgIpc) is 2.28. The Bertz CT molecular complexity index is 276. The molecule has 0 aromatic heterocycles. The van der Waals surface area contributed by atoms with Gasteiger partial charge in [0.25, 0.3) is 0 Å². The van der Waals surface area contributed by atoms with E-state index in [2.05, 4.69) is 11.8 Å². The van der Waals surface area contributed by atoms with Crippen LogP contribution in [0.4, 0.5) is 0 Å². The Hall–Kier alpha value is -0.610. The highest BCUT2D eigenvalue weighted by molar-refractivity contribution is 5.66. The van der Waals surface area contributed by atoms with Crippen molar-refractivity contribution in [3.8, 4) is 0 Å². The number of carboxylic acid groups (broad SMARTS) is 1. The van der Waals surface area contributed by atoms with E-state index in [4.69, 9.17) is 9.84 Å². The van der Waals surface area contributed by atoms with Crippen molar-refractivity contribution in [2.24, 2.45) is 0 Å². The van der Waals surface area contributed by atoms with E-state index in [1.165, 1.54) is 19.3 Å². The Morgan fingerprint density at radius 3 is 2.82 bits per heavy atom. The highest BCUT2D eigenvalue weighted by Gasteiger charge is 2.43. The van der Waals surface area contributed by atoms with E-state index < -0.39 is 5.97 Å². The predicted molar refractivity (Wildman–Crippen MR) is 65.1 cm³/mol. The minimum atomic E-state index is -0.700. The molecule has 0 bridgehead atoms. The van der Waals surface area contributed by atoms with Crippen LogP contribution >= 0.6 is 0 Å². The van der Waals surface area contributed by atoms with Gasteiger partial charge >= 0.3 is 5.97 Å². The van der Waals surface area contributed by atoms with Crippen molar-refractivity contribution >= 4 is 5.97 Å². The van der Waals surface area contributed by atoms with Gasteiger partial charge in [-0.1, -0.05) is 6.92 Å². The van der Waals surface area contributed by atoms with Crippen LogP contribution in [0, 0.1) is 0 Å². The first-order valence-electron chi connectivity index (χ1n) is 6.75. The average molecular weight is 241 g/mol. The lowest BCUT2D eigenvalue weighted by Gasteiger charge is -2.49. The molecule has 1 heterocycles. The molecule has 0 radical (unpaired) electrons. The number of carboxylic acids is 1. The molecule has 4 heteroatoms. The summed E-state index contributed by atoms with van der Waals surface area (Å²) in [5.41, 5.74) is 0.152. The molecule has 1 saturated heterocycles. The molecule has 1 aliphatic heterocycles. The molecule has 1 unspecified atom stereocenters. The van der Waals surface area contributed by atoms with E-state index in [-0.39, 0.29) is 12.0 Å². The van der Waals surface area contributed by atoms with Gasteiger partial charge in [0, 0.05) is 19.2 Å². The maximum absolute atomic E-state index is 10.6. The van der Waals surface area contributed by atoms with Gasteiger partial charge in [-0.2, -0.15) is 0 Å². The van der Waals surface area contributed by atoms with Crippen molar-refractivity contribution in [2.75, 3.05) is 19.7 Å². The number of nitrogens with zero attached hydrogens (tertiary/aromatic N) is 1. The molecule has 2 fully saturated rings. The van der Waals surface area contributed by atoms with Gasteiger partial charge in [-0.15, -0.1) is 0 Å². The predicted octanol–water partition coefficient (Wildman–Crippen LogP) is 1.88.